The number of pyridine rings is 1. The maximum absolute atomic E-state index is 10.8. The first kappa shape index (κ1) is 26.4. The topological polar surface area (TPSA) is 85.5 Å². The van der Waals surface area contributed by atoms with Crippen LogP contribution < -0.4 is 0 Å². The van der Waals surface area contributed by atoms with Gasteiger partial charge in [-0.1, -0.05) is 52.3 Å². The van der Waals surface area contributed by atoms with Gasteiger partial charge in [-0.05, 0) is 75.5 Å². The van der Waals surface area contributed by atoms with Gasteiger partial charge >= 0.3 is 5.97 Å². The zero-order chi connectivity index (χ0) is 27.0. The highest BCUT2D eigenvalue weighted by Gasteiger charge is 2.49. The maximum atomic E-state index is 10.8. The number of hydrogen-bond donors (Lipinski definition) is 1. The van der Waals surface area contributed by atoms with E-state index in [0.29, 0.717) is 40.2 Å². The fraction of sp³-hybridized carbons (Fsp3) is 0.452. The first-order valence-electron chi connectivity index (χ1n) is 13.6. The molecule has 6 nitrogen and oxygen atoms in total. The zero-order valence-electron chi connectivity index (χ0n) is 21.6. The number of nitrogens with zero attached hydrogens (tertiary/aromatic N) is 2. The zero-order valence-corrected chi connectivity index (χ0v) is 23.2. The van der Waals surface area contributed by atoms with Crippen LogP contribution in [-0.4, -0.2) is 26.8 Å². The standard InChI is InChI=1S/C31H30Cl2N2O4/c32-24-17-34-18-25(33)27(24)28-23(29(39-35-28)22-6-7-22)19-38-31-14-11-30(12-15-31,13-16-31)10-9-21-3-1-20(2-4-21)5-8-26(36)37/h1-4,17-18,22H,5-8,11-16,19H2,(H,36,37). The Hall–Kier alpha value is -2.85. The Morgan fingerprint density at radius 3 is 2.33 bits per heavy atom. The Bertz CT molecular complexity index is 1400. The van der Waals surface area contributed by atoms with Crippen molar-refractivity contribution in [3.8, 4) is 23.1 Å². The first-order valence-corrected chi connectivity index (χ1v) is 14.4. The molecule has 0 saturated heterocycles. The summed E-state index contributed by atoms with van der Waals surface area (Å²) < 4.78 is 12.5. The lowest BCUT2D eigenvalue weighted by atomic mass is 9.59. The number of rotatable bonds is 8. The minimum atomic E-state index is -0.777. The Labute approximate surface area is 238 Å². The second-order valence-electron chi connectivity index (χ2n) is 11.2. The number of fused-ring (bicyclic) bond motifs is 3. The van der Waals surface area contributed by atoms with Crippen LogP contribution in [0, 0.1) is 17.3 Å². The third-order valence-corrected chi connectivity index (χ3v) is 9.18. The van der Waals surface area contributed by atoms with E-state index in [1.165, 1.54) is 0 Å². The Balaban J connectivity index is 1.13. The number of halogens is 2. The van der Waals surface area contributed by atoms with E-state index in [1.807, 2.05) is 24.3 Å². The molecular weight excluding hydrogens is 535 g/mol. The van der Waals surface area contributed by atoms with E-state index in [2.05, 4.69) is 22.0 Å². The van der Waals surface area contributed by atoms with E-state index in [4.69, 9.17) is 37.6 Å². The molecule has 2 heterocycles. The summed E-state index contributed by atoms with van der Waals surface area (Å²) in [5.74, 6) is 7.51. The quantitative estimate of drug-likeness (QED) is 0.283. The molecule has 202 valence electrons. The van der Waals surface area contributed by atoms with Crippen LogP contribution in [0.1, 0.15) is 86.2 Å². The molecule has 7 rings (SSSR count). The van der Waals surface area contributed by atoms with Gasteiger partial charge in [0, 0.05) is 46.8 Å². The summed E-state index contributed by atoms with van der Waals surface area (Å²) in [5.41, 5.74) is 4.14. The van der Waals surface area contributed by atoms with Crippen molar-refractivity contribution in [3.05, 3.63) is 69.2 Å². The lowest BCUT2D eigenvalue weighted by Crippen LogP contribution is -2.47. The minimum Gasteiger partial charge on any atom is -0.481 e. The molecule has 2 bridgehead atoms. The monoisotopic (exact) mass is 564 g/mol. The number of aryl methyl sites for hydroxylation is 1. The molecule has 1 aromatic carbocycles. The molecule has 4 aliphatic carbocycles. The van der Waals surface area contributed by atoms with Crippen LogP contribution in [0.3, 0.4) is 0 Å². The van der Waals surface area contributed by atoms with Gasteiger partial charge in [0.1, 0.15) is 11.5 Å². The summed E-state index contributed by atoms with van der Waals surface area (Å²) in [6.07, 6.45) is 12.0. The van der Waals surface area contributed by atoms with Crippen LogP contribution in [0.25, 0.3) is 11.3 Å². The highest BCUT2D eigenvalue weighted by molar-refractivity contribution is 6.38. The summed E-state index contributed by atoms with van der Waals surface area (Å²) in [5, 5.41) is 14.2. The van der Waals surface area contributed by atoms with Crippen LogP contribution in [0.4, 0.5) is 0 Å². The maximum Gasteiger partial charge on any atom is 0.303 e. The van der Waals surface area contributed by atoms with E-state index < -0.39 is 5.97 Å². The van der Waals surface area contributed by atoms with Crippen LogP contribution >= 0.6 is 23.2 Å². The number of aliphatic carboxylic acids is 1. The summed E-state index contributed by atoms with van der Waals surface area (Å²) >= 11 is 12.9. The van der Waals surface area contributed by atoms with Crippen LogP contribution in [0.5, 0.6) is 0 Å². The highest BCUT2D eigenvalue weighted by Crippen LogP contribution is 2.54. The van der Waals surface area contributed by atoms with Gasteiger partial charge in [0.05, 0.1) is 22.3 Å². The van der Waals surface area contributed by atoms with Gasteiger partial charge in [-0.3, -0.25) is 9.78 Å². The van der Waals surface area contributed by atoms with E-state index >= 15 is 0 Å². The lowest BCUT2D eigenvalue weighted by molar-refractivity contribution is -0.136. The van der Waals surface area contributed by atoms with Crippen molar-refractivity contribution in [2.24, 2.45) is 5.41 Å². The van der Waals surface area contributed by atoms with E-state index in [9.17, 15) is 4.79 Å². The second kappa shape index (κ2) is 10.6. The van der Waals surface area contributed by atoms with Crippen molar-refractivity contribution in [1.82, 2.24) is 10.1 Å². The summed E-state index contributed by atoms with van der Waals surface area (Å²) in [4.78, 5) is 14.9. The number of carbonyl (C=O) groups is 1. The average Bonchev–Trinajstić information content (AvgIpc) is 3.71. The molecule has 0 spiro atoms. The van der Waals surface area contributed by atoms with Crippen molar-refractivity contribution < 1.29 is 19.2 Å². The predicted molar refractivity (Wildman–Crippen MR) is 149 cm³/mol. The normalized spacial score (nSPS) is 23.8. The molecular formula is C31H30Cl2N2O4. The van der Waals surface area contributed by atoms with E-state index in [1.54, 1.807) is 12.4 Å². The van der Waals surface area contributed by atoms with Crippen LogP contribution in [-0.2, 0) is 22.6 Å². The van der Waals surface area contributed by atoms with Crippen molar-refractivity contribution in [1.29, 1.82) is 0 Å². The first-order chi connectivity index (χ1) is 18.9. The number of carboxylic acids is 1. The van der Waals surface area contributed by atoms with Gasteiger partial charge in [0.15, 0.2) is 0 Å². The van der Waals surface area contributed by atoms with Crippen LogP contribution in [0.15, 0.2) is 41.2 Å². The van der Waals surface area contributed by atoms with Gasteiger partial charge in [0.2, 0.25) is 0 Å². The van der Waals surface area contributed by atoms with Gasteiger partial charge in [0.25, 0.3) is 0 Å². The van der Waals surface area contributed by atoms with Gasteiger partial charge in [-0.2, -0.15) is 0 Å². The molecule has 0 unspecified atom stereocenters. The smallest absolute Gasteiger partial charge is 0.303 e. The summed E-state index contributed by atoms with van der Waals surface area (Å²) in [6.45, 7) is 0.423. The molecule has 8 heteroatoms. The fourth-order valence-corrected chi connectivity index (χ4v) is 6.50. The number of hydrogen-bond acceptors (Lipinski definition) is 5. The highest BCUT2D eigenvalue weighted by atomic mass is 35.5. The minimum absolute atomic E-state index is 0.0344. The molecule has 3 aromatic rings. The van der Waals surface area contributed by atoms with Crippen molar-refractivity contribution in [2.45, 2.75) is 82.3 Å². The molecule has 2 aromatic heterocycles. The molecule has 4 saturated carbocycles. The molecule has 0 aliphatic heterocycles. The Morgan fingerprint density at radius 1 is 1.05 bits per heavy atom. The Morgan fingerprint density at radius 2 is 1.72 bits per heavy atom. The third kappa shape index (κ3) is 5.59. The second-order valence-corrected chi connectivity index (χ2v) is 12.0. The lowest BCUT2D eigenvalue weighted by Gasteiger charge is -2.51. The van der Waals surface area contributed by atoms with E-state index in [0.717, 1.165) is 73.8 Å². The summed E-state index contributed by atoms with van der Waals surface area (Å²) in [7, 11) is 0. The van der Waals surface area contributed by atoms with Crippen molar-refractivity contribution in [2.75, 3.05) is 0 Å². The largest absolute Gasteiger partial charge is 0.481 e. The molecule has 39 heavy (non-hydrogen) atoms. The molecule has 0 atom stereocenters. The SMILES string of the molecule is O=C(O)CCc1ccc(C#CC23CCC(OCc4c(-c5c(Cl)cncc5Cl)noc4C4CC4)(CC2)CC3)cc1. The predicted octanol–water partition coefficient (Wildman–Crippen LogP) is 7.60. The average molecular weight is 565 g/mol. The van der Waals surface area contributed by atoms with Crippen molar-refractivity contribution in [3.63, 3.8) is 0 Å². The van der Waals surface area contributed by atoms with E-state index in [-0.39, 0.29) is 17.4 Å². The number of benzene rings is 1. The molecule has 0 amide bonds. The number of ether oxygens (including phenoxy) is 1. The molecule has 4 aliphatic rings. The fourth-order valence-electron chi connectivity index (χ4n) is 5.95. The number of aromatic nitrogens is 2. The third-order valence-electron chi connectivity index (χ3n) is 8.61. The van der Waals surface area contributed by atoms with Gasteiger partial charge in [-0.15, -0.1) is 0 Å². The molecule has 1 N–H and O–H groups in total. The van der Waals surface area contributed by atoms with Crippen molar-refractivity contribution >= 4 is 29.2 Å². The molecule has 4 fully saturated rings. The molecule has 0 radical (unpaired) electrons. The Kier molecular flexibility index (Phi) is 7.18. The number of carboxylic acid groups (broad SMARTS) is 1. The van der Waals surface area contributed by atoms with Gasteiger partial charge < -0.3 is 14.4 Å². The van der Waals surface area contributed by atoms with Crippen LogP contribution in [0.2, 0.25) is 10.0 Å². The van der Waals surface area contributed by atoms with Gasteiger partial charge in [-0.25, -0.2) is 0 Å². The summed E-state index contributed by atoms with van der Waals surface area (Å²) in [6, 6.07) is 7.95.